The second kappa shape index (κ2) is 25.5. The summed E-state index contributed by atoms with van der Waals surface area (Å²) in [6.45, 7) is 6.66. The molecule has 3 aliphatic heterocycles. The van der Waals surface area contributed by atoms with Crippen molar-refractivity contribution in [2.45, 2.75) is 67.8 Å². The monoisotopic (exact) mass is 1260 g/mol. The Balaban J connectivity index is 1.04. The van der Waals surface area contributed by atoms with Gasteiger partial charge < -0.3 is 33.8 Å². The molecule has 0 amide bonds. The summed E-state index contributed by atoms with van der Waals surface area (Å²) < 4.78 is 167. The molecule has 3 N–H and O–H groups in total. The smallest absolute Gasteiger partial charge is 0.465 e. The van der Waals surface area contributed by atoms with Crippen molar-refractivity contribution in [2.24, 2.45) is 5.92 Å². The van der Waals surface area contributed by atoms with Crippen LogP contribution in [0.15, 0.2) is 125 Å². The molecule has 4 heterocycles. The maximum Gasteiger partial charge on any atom is 0.516 e. The number of alkyl halides is 3. The number of likely N-dealkylation sites (tertiary alicyclic amines) is 1. The number of rotatable bonds is 22. The highest BCUT2D eigenvalue weighted by atomic mass is 35.5. The Bertz CT molecular complexity index is 3550. The van der Waals surface area contributed by atoms with Crippen LogP contribution in [0.5, 0.6) is 0 Å². The van der Waals surface area contributed by atoms with Crippen molar-refractivity contribution in [3.63, 3.8) is 0 Å². The van der Waals surface area contributed by atoms with E-state index in [4.69, 9.17) is 26.1 Å². The summed E-state index contributed by atoms with van der Waals surface area (Å²) in [5.74, 6) is -2.15. The first-order valence-electron chi connectivity index (χ1n) is 26.4. The first kappa shape index (κ1) is 62.7. The largest absolute Gasteiger partial charge is 0.516 e. The van der Waals surface area contributed by atoms with E-state index in [9.17, 15) is 39.4 Å². The lowest BCUT2D eigenvalue weighted by Gasteiger charge is -2.42. The number of hydrogen-bond donors (Lipinski definition) is 4. The molecule has 446 valence electrons. The summed E-state index contributed by atoms with van der Waals surface area (Å²) in [5.41, 5.74) is -2.42. The Morgan fingerprint density at radius 1 is 0.841 bits per heavy atom. The molecule has 2 fully saturated rings. The van der Waals surface area contributed by atoms with Crippen LogP contribution in [0.1, 0.15) is 44.8 Å². The van der Waals surface area contributed by atoms with Gasteiger partial charge in [-0.25, -0.2) is 32.1 Å². The number of sulfonamides is 2. The van der Waals surface area contributed by atoms with Gasteiger partial charge in [0.2, 0.25) is 10.0 Å². The second-order valence-corrected chi connectivity index (χ2v) is 30.7. The summed E-state index contributed by atoms with van der Waals surface area (Å²) in [7, 11) is -20.6. The van der Waals surface area contributed by atoms with Crippen molar-refractivity contribution in [2.75, 3.05) is 89.4 Å². The third-order valence-electron chi connectivity index (χ3n) is 14.7. The molecule has 27 heteroatoms. The van der Waals surface area contributed by atoms with Crippen LogP contribution in [-0.2, 0) is 44.0 Å². The Morgan fingerprint density at radius 3 is 2.00 bits per heavy atom. The summed E-state index contributed by atoms with van der Waals surface area (Å²) in [5, 5.41) is 2.17. The van der Waals surface area contributed by atoms with Gasteiger partial charge in [0.1, 0.15) is 11.1 Å². The lowest BCUT2D eigenvalue weighted by Crippen LogP contribution is -2.60. The topological polar surface area (TPSA) is 216 Å². The van der Waals surface area contributed by atoms with E-state index in [1.54, 1.807) is 77.3 Å². The molecule has 0 bridgehead atoms. The van der Waals surface area contributed by atoms with E-state index in [1.165, 1.54) is 54.6 Å². The van der Waals surface area contributed by atoms with Crippen molar-refractivity contribution in [3.8, 4) is 22.4 Å². The Hall–Kier alpha value is -5.37. The standard InChI is InChI=1S/C55H66ClF4N6O11PS4/c1-38(2)65-39(3)53(80(4,71)72)51(52(65)40-13-15-43(56)16-14-40)42-33-44(57)35-48(34-42)64-27-25-63(26-28-64)46-19-17-45(18-20-46)61-81(73,74)50(37-79-31-8-9-32-79)49(66(47-11-6-5-7-12-47)82(75,76)55(58,59)60)36-62-23-21-41(22-24-62)54(67)77-29-10-30-78(68,69)70/h5-9,11-20,31-35,38,41,49-50,61,79H,10,21-30,36-37H2,1-4H3,(H2,68,69,70). The molecular formula is C55H66ClF4N6O11PS4. The molecule has 1 aromatic heterocycles. The van der Waals surface area contributed by atoms with Crippen LogP contribution in [0.3, 0.4) is 0 Å². The zero-order chi connectivity index (χ0) is 59.5. The molecule has 8 rings (SSSR count). The van der Waals surface area contributed by atoms with Gasteiger partial charge in [0.05, 0.1) is 41.0 Å². The van der Waals surface area contributed by atoms with Crippen LogP contribution in [-0.4, -0.2) is 138 Å². The number of thiol groups is 1. The summed E-state index contributed by atoms with van der Waals surface area (Å²) in [6.07, 6.45) is 4.19. The molecular weight excluding hydrogens is 1190 g/mol. The number of piperazine rings is 1. The fraction of sp³-hybridized carbons (Fsp3) is 0.400. The van der Waals surface area contributed by atoms with Gasteiger partial charge in [-0.15, -0.1) is 0 Å². The van der Waals surface area contributed by atoms with E-state index in [0.29, 0.717) is 70.7 Å². The number of halogens is 5. The number of para-hydroxylation sites is 1. The number of piperidine rings is 1. The SMILES string of the molecule is Cc1c(S(C)(=O)=O)c(-c2cc(F)cc(N3CCN(c4ccc(NS(=O)(=O)C(C[SH]5C=CC=C5)C(CN5CCC(C(=O)OCCCP(=O)(O)O)CC5)N(c5ccccc5)S(=O)(=O)C(F)(F)F)cc4)CC3)c2)c(-c2ccc(Cl)cc2)n1C(C)C. The second-order valence-electron chi connectivity index (χ2n) is 20.8. The number of benzene rings is 4. The summed E-state index contributed by atoms with van der Waals surface area (Å²) in [4.78, 5) is 37.0. The van der Waals surface area contributed by atoms with Gasteiger partial charge in [-0.1, -0.05) is 54.1 Å². The van der Waals surface area contributed by atoms with Crippen LogP contribution in [0.4, 0.5) is 40.3 Å². The highest BCUT2D eigenvalue weighted by molar-refractivity contribution is 8.22. The van der Waals surface area contributed by atoms with Gasteiger partial charge in [0, 0.05) is 84.1 Å². The maximum atomic E-state index is 15.9. The molecule has 5 aromatic rings. The number of carbonyl (C=O) groups excluding carboxylic acids is 1. The van der Waals surface area contributed by atoms with Gasteiger partial charge in [0.15, 0.2) is 9.84 Å². The van der Waals surface area contributed by atoms with Crippen molar-refractivity contribution < 1.29 is 66.7 Å². The molecule has 2 atom stereocenters. The lowest BCUT2D eigenvalue weighted by molar-refractivity contribution is -0.150. The van der Waals surface area contributed by atoms with E-state index in [0.717, 1.165) is 6.26 Å². The minimum atomic E-state index is -6.28. The fourth-order valence-electron chi connectivity index (χ4n) is 10.9. The Morgan fingerprint density at radius 2 is 1.44 bits per heavy atom. The maximum absolute atomic E-state index is 15.9. The minimum Gasteiger partial charge on any atom is -0.465 e. The van der Waals surface area contributed by atoms with Crippen LogP contribution in [0.2, 0.25) is 5.02 Å². The Kier molecular flexibility index (Phi) is 19.5. The molecule has 17 nitrogen and oxygen atoms in total. The number of esters is 1. The molecule has 0 radical (unpaired) electrons. The average molecular weight is 1260 g/mol. The normalized spacial score (nSPS) is 17.1. The third kappa shape index (κ3) is 14.7. The predicted molar refractivity (Wildman–Crippen MR) is 317 cm³/mol. The predicted octanol–water partition coefficient (Wildman–Crippen LogP) is 9.93. The molecule has 2 saturated heterocycles. The van der Waals surface area contributed by atoms with E-state index >= 15 is 12.8 Å². The number of sulfone groups is 1. The molecule has 4 aromatic carbocycles. The van der Waals surface area contributed by atoms with Crippen LogP contribution in [0.25, 0.3) is 22.4 Å². The number of allylic oxidation sites excluding steroid dienone is 2. The highest BCUT2D eigenvalue weighted by Gasteiger charge is 2.55. The van der Waals surface area contributed by atoms with E-state index in [-0.39, 0.29) is 65.6 Å². The Labute approximate surface area is 484 Å². The molecule has 0 aliphatic carbocycles. The van der Waals surface area contributed by atoms with Gasteiger partial charge in [0.25, 0.3) is 0 Å². The van der Waals surface area contributed by atoms with Crippen LogP contribution in [0, 0.1) is 18.7 Å². The average Bonchev–Trinajstić information content (AvgIpc) is 4.00. The number of nitrogens with one attached hydrogen (secondary N) is 1. The van der Waals surface area contributed by atoms with E-state index in [1.807, 2.05) is 28.2 Å². The van der Waals surface area contributed by atoms with Crippen molar-refractivity contribution >= 4 is 88.7 Å². The summed E-state index contributed by atoms with van der Waals surface area (Å²) >= 11 is 6.26. The number of ether oxygens (including phenoxy) is 1. The van der Waals surface area contributed by atoms with Gasteiger partial charge >= 0.3 is 29.1 Å². The summed E-state index contributed by atoms with van der Waals surface area (Å²) in [6, 6.07) is 22.4. The van der Waals surface area contributed by atoms with E-state index in [2.05, 4.69) is 4.72 Å². The number of anilines is 4. The first-order chi connectivity index (χ1) is 38.5. The number of hydrogen-bond acceptors (Lipinski definition) is 12. The quantitative estimate of drug-likeness (QED) is 0.0167. The van der Waals surface area contributed by atoms with Crippen molar-refractivity contribution in [3.05, 3.63) is 137 Å². The third-order valence-corrected chi connectivity index (χ3v) is 22.6. The van der Waals surface area contributed by atoms with Crippen LogP contribution >= 0.6 is 30.1 Å². The first-order valence-corrected chi connectivity index (χ1v) is 35.1. The molecule has 0 spiro atoms. The zero-order valence-corrected chi connectivity index (χ0v) is 50.4. The minimum absolute atomic E-state index is 0.0479. The fourth-order valence-corrected chi connectivity index (χ4v) is 18.2. The van der Waals surface area contributed by atoms with Gasteiger partial charge in [-0.2, -0.15) is 21.6 Å². The molecule has 0 saturated carbocycles. The molecule has 3 aliphatic rings. The van der Waals surface area contributed by atoms with E-state index < -0.39 is 101 Å². The van der Waals surface area contributed by atoms with Crippen molar-refractivity contribution in [1.82, 2.24) is 9.47 Å². The number of nitrogens with zero attached hydrogens (tertiary/aromatic N) is 5. The van der Waals surface area contributed by atoms with Crippen LogP contribution < -0.4 is 18.8 Å². The van der Waals surface area contributed by atoms with Gasteiger partial charge in [-0.05, 0) is 142 Å². The van der Waals surface area contributed by atoms with Crippen molar-refractivity contribution in [1.29, 1.82) is 0 Å². The zero-order valence-electron chi connectivity index (χ0n) is 45.4. The lowest BCUT2D eigenvalue weighted by atomic mass is 9.96. The number of aromatic nitrogens is 1. The molecule has 82 heavy (non-hydrogen) atoms. The van der Waals surface area contributed by atoms with Gasteiger partial charge in [-0.3, -0.25) is 18.4 Å². The number of carbonyl (C=O) groups is 1. The highest BCUT2D eigenvalue weighted by Crippen LogP contribution is 2.46. The molecule has 2 unspecified atom stereocenters.